The minimum atomic E-state index is -0.0927. The number of aromatic nitrogens is 2. The summed E-state index contributed by atoms with van der Waals surface area (Å²) in [5.74, 6) is 1.03. The Morgan fingerprint density at radius 2 is 2.13 bits per heavy atom. The van der Waals surface area contributed by atoms with Crippen molar-refractivity contribution >= 4 is 35.0 Å². The number of nitrogens with one attached hydrogen (secondary N) is 1. The molecule has 0 atom stereocenters. The van der Waals surface area contributed by atoms with E-state index in [1.807, 2.05) is 22.9 Å². The highest BCUT2D eigenvalue weighted by Gasteiger charge is 2.09. The van der Waals surface area contributed by atoms with Crippen LogP contribution in [0.3, 0.4) is 0 Å². The Kier molecular flexibility index (Phi) is 5.05. The number of amides is 1. The van der Waals surface area contributed by atoms with Crippen LogP contribution in [0.15, 0.2) is 64.6 Å². The van der Waals surface area contributed by atoms with Crippen LogP contribution in [-0.2, 0) is 11.3 Å². The summed E-state index contributed by atoms with van der Waals surface area (Å²) in [7, 11) is 0. The van der Waals surface area contributed by atoms with Crippen LogP contribution >= 0.6 is 23.4 Å². The predicted octanol–water partition coefficient (Wildman–Crippen LogP) is 3.91. The van der Waals surface area contributed by atoms with Gasteiger partial charge in [-0.05, 0) is 36.4 Å². The molecule has 0 unspecified atom stereocenters. The van der Waals surface area contributed by atoms with Crippen LogP contribution in [0.1, 0.15) is 5.76 Å². The van der Waals surface area contributed by atoms with Crippen molar-refractivity contribution in [2.24, 2.45) is 0 Å². The largest absolute Gasteiger partial charge is 0.467 e. The first-order valence-electron chi connectivity index (χ1n) is 6.92. The zero-order valence-corrected chi connectivity index (χ0v) is 13.7. The lowest BCUT2D eigenvalue weighted by molar-refractivity contribution is -0.113. The molecule has 1 N–H and O–H groups in total. The summed E-state index contributed by atoms with van der Waals surface area (Å²) in [5.41, 5.74) is 0.721. The summed E-state index contributed by atoms with van der Waals surface area (Å²) in [5, 5.41) is 4.23. The van der Waals surface area contributed by atoms with Crippen LogP contribution in [0.4, 0.5) is 5.69 Å². The lowest BCUT2D eigenvalue weighted by atomic mass is 10.3. The van der Waals surface area contributed by atoms with Crippen molar-refractivity contribution in [2.45, 2.75) is 11.7 Å². The van der Waals surface area contributed by atoms with E-state index in [1.165, 1.54) is 11.8 Å². The van der Waals surface area contributed by atoms with Gasteiger partial charge in [-0.15, -0.1) is 0 Å². The number of carbonyl (C=O) groups excluding carboxylic acids is 1. The zero-order chi connectivity index (χ0) is 16.1. The Labute approximate surface area is 142 Å². The van der Waals surface area contributed by atoms with Gasteiger partial charge in [0, 0.05) is 23.1 Å². The van der Waals surface area contributed by atoms with E-state index in [9.17, 15) is 4.79 Å². The second-order valence-electron chi connectivity index (χ2n) is 4.76. The maximum atomic E-state index is 12.0. The smallest absolute Gasteiger partial charge is 0.234 e. The molecule has 2 aromatic heterocycles. The van der Waals surface area contributed by atoms with Gasteiger partial charge in [-0.3, -0.25) is 4.79 Å². The summed E-state index contributed by atoms with van der Waals surface area (Å²) in [6, 6.07) is 10.8. The van der Waals surface area contributed by atoms with E-state index in [4.69, 9.17) is 16.0 Å². The van der Waals surface area contributed by atoms with Gasteiger partial charge < -0.3 is 14.3 Å². The van der Waals surface area contributed by atoms with Crippen molar-refractivity contribution in [3.63, 3.8) is 0 Å². The van der Waals surface area contributed by atoms with Crippen LogP contribution in [0.2, 0.25) is 5.02 Å². The van der Waals surface area contributed by atoms with Gasteiger partial charge in [0.1, 0.15) is 5.76 Å². The fourth-order valence-electron chi connectivity index (χ4n) is 1.99. The van der Waals surface area contributed by atoms with E-state index in [1.54, 1.807) is 36.7 Å². The second kappa shape index (κ2) is 7.39. The van der Waals surface area contributed by atoms with Crippen LogP contribution < -0.4 is 5.32 Å². The van der Waals surface area contributed by atoms with Gasteiger partial charge in [-0.2, -0.15) is 0 Å². The molecule has 0 aliphatic heterocycles. The Hall–Kier alpha value is -2.18. The van der Waals surface area contributed by atoms with E-state index in [0.29, 0.717) is 11.6 Å². The summed E-state index contributed by atoms with van der Waals surface area (Å²) in [6.07, 6.45) is 5.21. The Morgan fingerprint density at radius 3 is 2.87 bits per heavy atom. The number of hydrogen-bond acceptors (Lipinski definition) is 4. The maximum absolute atomic E-state index is 12.0. The number of thioether (sulfide) groups is 1. The van der Waals surface area contributed by atoms with Gasteiger partial charge in [0.25, 0.3) is 0 Å². The molecule has 7 heteroatoms. The molecule has 1 amide bonds. The minimum absolute atomic E-state index is 0.0927. The first-order chi connectivity index (χ1) is 11.2. The average molecular weight is 348 g/mol. The molecule has 5 nitrogen and oxygen atoms in total. The highest BCUT2D eigenvalue weighted by Crippen LogP contribution is 2.18. The number of rotatable bonds is 6. The monoisotopic (exact) mass is 347 g/mol. The Bertz CT molecular complexity index is 769. The summed E-state index contributed by atoms with van der Waals surface area (Å²) >= 11 is 7.20. The molecule has 0 bridgehead atoms. The molecule has 2 heterocycles. The van der Waals surface area contributed by atoms with E-state index in [2.05, 4.69) is 10.3 Å². The molecule has 0 fully saturated rings. The van der Waals surface area contributed by atoms with Crippen LogP contribution in [0.25, 0.3) is 0 Å². The predicted molar refractivity (Wildman–Crippen MR) is 90.8 cm³/mol. The van der Waals surface area contributed by atoms with E-state index >= 15 is 0 Å². The standard InChI is InChI=1S/C16H14ClN3O2S/c17-12-3-5-13(6-4-12)19-15(21)11-23-16-18-7-8-20(16)10-14-2-1-9-22-14/h1-9H,10-11H2,(H,19,21). The normalized spacial score (nSPS) is 10.7. The molecule has 3 aromatic rings. The third kappa shape index (κ3) is 4.40. The molecule has 23 heavy (non-hydrogen) atoms. The minimum Gasteiger partial charge on any atom is -0.467 e. The van der Waals surface area contributed by atoms with Gasteiger partial charge in [0.05, 0.1) is 18.6 Å². The van der Waals surface area contributed by atoms with Crippen molar-refractivity contribution in [1.82, 2.24) is 9.55 Å². The molecular weight excluding hydrogens is 334 g/mol. The number of imidazole rings is 1. The molecule has 0 aliphatic carbocycles. The SMILES string of the molecule is O=C(CSc1nccn1Cc1ccco1)Nc1ccc(Cl)cc1. The zero-order valence-electron chi connectivity index (χ0n) is 12.1. The molecule has 0 radical (unpaired) electrons. The molecule has 1 aromatic carbocycles. The van der Waals surface area contributed by atoms with Crippen molar-refractivity contribution in [3.8, 4) is 0 Å². The van der Waals surface area contributed by atoms with E-state index < -0.39 is 0 Å². The highest BCUT2D eigenvalue weighted by molar-refractivity contribution is 7.99. The van der Waals surface area contributed by atoms with Gasteiger partial charge in [0.15, 0.2) is 5.16 Å². The number of nitrogens with zero attached hydrogens (tertiary/aromatic N) is 2. The summed E-state index contributed by atoms with van der Waals surface area (Å²) < 4.78 is 7.27. The first kappa shape index (κ1) is 15.7. The van der Waals surface area contributed by atoms with Crippen molar-refractivity contribution in [1.29, 1.82) is 0 Å². The maximum Gasteiger partial charge on any atom is 0.234 e. The third-order valence-corrected chi connectivity index (χ3v) is 4.30. The highest BCUT2D eigenvalue weighted by atomic mass is 35.5. The molecule has 0 spiro atoms. The fourth-order valence-corrected chi connectivity index (χ4v) is 2.87. The number of hydrogen-bond donors (Lipinski definition) is 1. The molecule has 118 valence electrons. The molecule has 0 saturated carbocycles. The average Bonchev–Trinajstić information content (AvgIpc) is 3.20. The first-order valence-corrected chi connectivity index (χ1v) is 8.29. The molecule has 0 saturated heterocycles. The lowest BCUT2D eigenvalue weighted by Crippen LogP contribution is -2.14. The van der Waals surface area contributed by atoms with Crippen LogP contribution in [-0.4, -0.2) is 21.2 Å². The van der Waals surface area contributed by atoms with E-state index in [-0.39, 0.29) is 11.7 Å². The number of carbonyl (C=O) groups is 1. The lowest BCUT2D eigenvalue weighted by Gasteiger charge is -2.07. The van der Waals surface area contributed by atoms with Gasteiger partial charge in [0.2, 0.25) is 5.91 Å². The topological polar surface area (TPSA) is 60.1 Å². The van der Waals surface area contributed by atoms with Crippen molar-refractivity contribution in [2.75, 3.05) is 11.1 Å². The van der Waals surface area contributed by atoms with Crippen molar-refractivity contribution < 1.29 is 9.21 Å². The Balaban J connectivity index is 1.55. The summed E-state index contributed by atoms with van der Waals surface area (Å²) in [4.78, 5) is 16.3. The number of furan rings is 1. The van der Waals surface area contributed by atoms with Gasteiger partial charge in [-0.25, -0.2) is 4.98 Å². The number of anilines is 1. The molecular formula is C16H14ClN3O2S. The van der Waals surface area contributed by atoms with Crippen molar-refractivity contribution in [3.05, 3.63) is 65.8 Å². The van der Waals surface area contributed by atoms with E-state index in [0.717, 1.165) is 16.6 Å². The fraction of sp³-hybridized carbons (Fsp3) is 0.125. The summed E-state index contributed by atoms with van der Waals surface area (Å²) in [6.45, 7) is 0.591. The second-order valence-corrected chi connectivity index (χ2v) is 6.14. The number of benzene rings is 1. The van der Waals surface area contributed by atoms with Crippen LogP contribution in [0.5, 0.6) is 0 Å². The molecule has 0 aliphatic rings. The van der Waals surface area contributed by atoms with Crippen LogP contribution in [0, 0.1) is 0 Å². The van der Waals surface area contributed by atoms with Gasteiger partial charge >= 0.3 is 0 Å². The number of halogens is 1. The molecule has 3 rings (SSSR count). The Morgan fingerprint density at radius 1 is 1.30 bits per heavy atom. The third-order valence-electron chi connectivity index (χ3n) is 3.04. The quantitative estimate of drug-likeness (QED) is 0.687. The van der Waals surface area contributed by atoms with Gasteiger partial charge in [-0.1, -0.05) is 23.4 Å².